The molecule has 0 atom stereocenters. The molecular formula is C14H15N3O4. The highest BCUT2D eigenvalue weighted by Gasteiger charge is 2.15. The molecule has 0 saturated carbocycles. The summed E-state index contributed by atoms with van der Waals surface area (Å²) in [6, 6.07) is 4.65. The summed E-state index contributed by atoms with van der Waals surface area (Å²) in [5.74, 6) is -1.28. The number of pyridine rings is 1. The Kier molecular flexibility index (Phi) is 4.78. The molecular weight excluding hydrogens is 274 g/mol. The lowest BCUT2D eigenvalue weighted by atomic mass is 10.1. The van der Waals surface area contributed by atoms with Gasteiger partial charge in [-0.15, -0.1) is 0 Å². The van der Waals surface area contributed by atoms with E-state index in [-0.39, 0.29) is 18.7 Å². The fourth-order valence-corrected chi connectivity index (χ4v) is 1.88. The van der Waals surface area contributed by atoms with Crippen molar-refractivity contribution in [3.05, 3.63) is 46.5 Å². The molecule has 0 aliphatic rings. The zero-order valence-corrected chi connectivity index (χ0v) is 11.3. The van der Waals surface area contributed by atoms with Crippen molar-refractivity contribution >= 4 is 5.97 Å². The first-order valence-corrected chi connectivity index (χ1v) is 6.50. The second kappa shape index (κ2) is 6.76. The number of rotatable bonds is 6. The molecule has 0 amide bonds. The SMILES string of the molecule is O=C(O)c1cc(-c2ccncc2)nn(CCCCO)c1=O. The minimum atomic E-state index is -1.28. The molecule has 2 aromatic heterocycles. The lowest BCUT2D eigenvalue weighted by molar-refractivity contribution is 0.0693. The van der Waals surface area contributed by atoms with Crippen LogP contribution in [0.5, 0.6) is 0 Å². The van der Waals surface area contributed by atoms with Gasteiger partial charge in [0.15, 0.2) is 0 Å². The number of carboxylic acids is 1. The van der Waals surface area contributed by atoms with Crippen LogP contribution >= 0.6 is 0 Å². The van der Waals surface area contributed by atoms with Crippen molar-refractivity contribution in [3.63, 3.8) is 0 Å². The van der Waals surface area contributed by atoms with Gasteiger partial charge >= 0.3 is 5.97 Å². The number of hydrogen-bond acceptors (Lipinski definition) is 5. The zero-order valence-electron chi connectivity index (χ0n) is 11.3. The molecule has 0 unspecified atom stereocenters. The highest BCUT2D eigenvalue weighted by molar-refractivity contribution is 5.88. The van der Waals surface area contributed by atoms with E-state index in [9.17, 15) is 9.59 Å². The Morgan fingerprint density at radius 1 is 1.24 bits per heavy atom. The van der Waals surface area contributed by atoms with Gasteiger partial charge in [-0.05, 0) is 31.0 Å². The van der Waals surface area contributed by atoms with Crippen LogP contribution in [-0.4, -0.2) is 37.6 Å². The Balaban J connectivity index is 2.47. The van der Waals surface area contributed by atoms with Crippen molar-refractivity contribution in [1.29, 1.82) is 0 Å². The number of hydrogen-bond donors (Lipinski definition) is 2. The molecule has 0 aromatic carbocycles. The average molecular weight is 289 g/mol. The van der Waals surface area contributed by atoms with Crippen molar-refractivity contribution < 1.29 is 15.0 Å². The van der Waals surface area contributed by atoms with E-state index in [2.05, 4.69) is 10.1 Å². The highest BCUT2D eigenvalue weighted by atomic mass is 16.4. The van der Waals surface area contributed by atoms with E-state index in [1.54, 1.807) is 24.5 Å². The van der Waals surface area contributed by atoms with Crippen LogP contribution in [0.2, 0.25) is 0 Å². The number of aliphatic hydroxyl groups is 1. The van der Waals surface area contributed by atoms with Crippen LogP contribution in [0, 0.1) is 0 Å². The van der Waals surface area contributed by atoms with Crippen molar-refractivity contribution in [2.75, 3.05) is 6.61 Å². The van der Waals surface area contributed by atoms with Gasteiger partial charge in [0.25, 0.3) is 5.56 Å². The molecule has 0 aliphatic heterocycles. The van der Waals surface area contributed by atoms with E-state index in [0.29, 0.717) is 24.1 Å². The molecule has 0 bridgehead atoms. The molecule has 7 nitrogen and oxygen atoms in total. The molecule has 110 valence electrons. The first-order valence-electron chi connectivity index (χ1n) is 6.50. The Bertz CT molecular complexity index is 682. The lowest BCUT2D eigenvalue weighted by Crippen LogP contribution is -2.29. The van der Waals surface area contributed by atoms with Gasteiger partial charge in [0, 0.05) is 31.1 Å². The molecule has 2 N–H and O–H groups in total. The summed E-state index contributed by atoms with van der Waals surface area (Å²) in [4.78, 5) is 27.1. The van der Waals surface area contributed by atoms with Gasteiger partial charge < -0.3 is 10.2 Å². The van der Waals surface area contributed by atoms with Crippen LogP contribution in [-0.2, 0) is 6.54 Å². The third kappa shape index (κ3) is 3.51. The molecule has 0 aliphatic carbocycles. The fourth-order valence-electron chi connectivity index (χ4n) is 1.88. The summed E-state index contributed by atoms with van der Waals surface area (Å²) in [6.45, 7) is 0.281. The largest absolute Gasteiger partial charge is 0.477 e. The van der Waals surface area contributed by atoms with E-state index >= 15 is 0 Å². The van der Waals surface area contributed by atoms with Gasteiger partial charge in [-0.2, -0.15) is 5.10 Å². The smallest absolute Gasteiger partial charge is 0.341 e. The maximum Gasteiger partial charge on any atom is 0.341 e. The maximum absolute atomic E-state index is 12.0. The summed E-state index contributed by atoms with van der Waals surface area (Å²) in [6.07, 6.45) is 4.20. The van der Waals surface area contributed by atoms with Crippen molar-refractivity contribution in [3.8, 4) is 11.3 Å². The van der Waals surface area contributed by atoms with E-state index in [4.69, 9.17) is 10.2 Å². The molecule has 0 saturated heterocycles. The van der Waals surface area contributed by atoms with E-state index in [1.165, 1.54) is 6.07 Å². The van der Waals surface area contributed by atoms with Crippen molar-refractivity contribution in [2.24, 2.45) is 0 Å². The Labute approximate surface area is 120 Å². The Morgan fingerprint density at radius 2 is 1.95 bits per heavy atom. The third-order valence-corrected chi connectivity index (χ3v) is 2.96. The molecule has 7 heteroatoms. The molecule has 2 heterocycles. The predicted molar refractivity (Wildman–Crippen MR) is 75.0 cm³/mol. The fraction of sp³-hybridized carbons (Fsp3) is 0.286. The second-order valence-corrected chi connectivity index (χ2v) is 4.44. The van der Waals surface area contributed by atoms with Crippen molar-refractivity contribution in [2.45, 2.75) is 19.4 Å². The van der Waals surface area contributed by atoms with Gasteiger partial charge in [0.2, 0.25) is 0 Å². The van der Waals surface area contributed by atoms with Crippen LogP contribution in [0.25, 0.3) is 11.3 Å². The number of aryl methyl sites for hydroxylation is 1. The van der Waals surface area contributed by atoms with E-state index in [0.717, 1.165) is 4.68 Å². The molecule has 0 fully saturated rings. The molecule has 2 rings (SSSR count). The summed E-state index contributed by atoms with van der Waals surface area (Å²) < 4.78 is 1.13. The molecule has 2 aromatic rings. The Hall–Kier alpha value is -2.54. The van der Waals surface area contributed by atoms with Crippen LogP contribution in [0.4, 0.5) is 0 Å². The summed E-state index contributed by atoms with van der Waals surface area (Å²) in [5.41, 5.74) is 0.126. The van der Waals surface area contributed by atoms with Gasteiger partial charge in [0.1, 0.15) is 5.56 Å². The zero-order chi connectivity index (χ0) is 15.2. The molecule has 21 heavy (non-hydrogen) atoms. The van der Waals surface area contributed by atoms with Crippen LogP contribution in [0.15, 0.2) is 35.4 Å². The van der Waals surface area contributed by atoms with Crippen molar-refractivity contribution in [1.82, 2.24) is 14.8 Å². The van der Waals surface area contributed by atoms with Crippen LogP contribution < -0.4 is 5.56 Å². The topological polar surface area (TPSA) is 105 Å². The Morgan fingerprint density at radius 3 is 2.57 bits per heavy atom. The first kappa shape index (κ1) is 14.9. The van der Waals surface area contributed by atoms with Crippen LogP contribution in [0.1, 0.15) is 23.2 Å². The number of unbranched alkanes of at least 4 members (excludes halogenated alkanes) is 1. The van der Waals surface area contributed by atoms with E-state index < -0.39 is 11.5 Å². The van der Waals surface area contributed by atoms with E-state index in [1.807, 2.05) is 0 Å². The minimum Gasteiger partial charge on any atom is -0.477 e. The van der Waals surface area contributed by atoms with Gasteiger partial charge in [-0.1, -0.05) is 0 Å². The number of aliphatic hydroxyl groups excluding tert-OH is 1. The predicted octanol–water partition coefficient (Wildman–Crippen LogP) is 0.776. The highest BCUT2D eigenvalue weighted by Crippen LogP contribution is 2.15. The number of carboxylic acid groups (broad SMARTS) is 1. The van der Waals surface area contributed by atoms with Crippen LogP contribution in [0.3, 0.4) is 0 Å². The lowest BCUT2D eigenvalue weighted by Gasteiger charge is -2.08. The quantitative estimate of drug-likeness (QED) is 0.761. The number of aromatic carboxylic acids is 1. The second-order valence-electron chi connectivity index (χ2n) is 4.44. The third-order valence-electron chi connectivity index (χ3n) is 2.96. The molecule has 0 radical (unpaired) electrons. The summed E-state index contributed by atoms with van der Waals surface area (Å²) >= 11 is 0. The molecule has 0 spiro atoms. The summed E-state index contributed by atoms with van der Waals surface area (Å²) in [5, 5.41) is 22.1. The van der Waals surface area contributed by atoms with Gasteiger partial charge in [-0.25, -0.2) is 9.48 Å². The minimum absolute atomic E-state index is 0.0184. The standard InChI is InChI=1S/C14H15N3O4/c18-8-2-1-7-17-13(19)11(14(20)21)9-12(16-17)10-3-5-15-6-4-10/h3-6,9,18H,1-2,7-8H2,(H,20,21). The summed E-state index contributed by atoms with van der Waals surface area (Å²) in [7, 11) is 0. The number of carbonyl (C=O) groups is 1. The normalized spacial score (nSPS) is 10.5. The first-order chi connectivity index (χ1) is 10.1. The van der Waals surface area contributed by atoms with Gasteiger partial charge in [-0.3, -0.25) is 9.78 Å². The average Bonchev–Trinajstić information content (AvgIpc) is 2.49. The monoisotopic (exact) mass is 289 g/mol. The maximum atomic E-state index is 12.0. The van der Waals surface area contributed by atoms with Gasteiger partial charge in [0.05, 0.1) is 5.69 Å². The number of nitrogens with zero attached hydrogens (tertiary/aromatic N) is 3. The number of aromatic nitrogens is 3.